The summed E-state index contributed by atoms with van der Waals surface area (Å²) in [5.74, 6) is -0.746. The molecule has 0 amide bonds. The molecule has 1 aromatic heterocycles. The predicted octanol–water partition coefficient (Wildman–Crippen LogP) is 1.22. The van der Waals surface area contributed by atoms with Crippen LogP contribution in [0.4, 0.5) is 5.82 Å². The molecule has 2 unspecified atom stereocenters. The molecule has 18 heavy (non-hydrogen) atoms. The van der Waals surface area contributed by atoms with E-state index >= 15 is 0 Å². The Kier molecular flexibility index (Phi) is 3.96. The van der Waals surface area contributed by atoms with Crippen molar-refractivity contribution in [2.75, 3.05) is 5.32 Å². The largest absolute Gasteiger partial charge is 0.481 e. The van der Waals surface area contributed by atoms with Crippen molar-refractivity contribution < 1.29 is 9.90 Å². The van der Waals surface area contributed by atoms with Crippen LogP contribution in [-0.2, 0) is 4.79 Å². The number of nitrogens with zero attached hydrogens (tertiary/aromatic N) is 1. The normalized spacial score (nSPS) is 24.2. The summed E-state index contributed by atoms with van der Waals surface area (Å²) in [4.78, 5) is 28.8. The van der Waals surface area contributed by atoms with E-state index in [4.69, 9.17) is 0 Å². The quantitative estimate of drug-likeness (QED) is 0.702. The lowest BCUT2D eigenvalue weighted by atomic mass is 9.95. The summed E-state index contributed by atoms with van der Waals surface area (Å²) in [7, 11) is 0. The average molecular weight is 251 g/mol. The van der Waals surface area contributed by atoms with Crippen LogP contribution in [0.2, 0.25) is 0 Å². The van der Waals surface area contributed by atoms with Crippen molar-refractivity contribution in [2.45, 2.75) is 38.1 Å². The lowest BCUT2D eigenvalue weighted by Crippen LogP contribution is -2.34. The van der Waals surface area contributed by atoms with E-state index in [1.807, 2.05) is 0 Å². The molecule has 0 bridgehead atoms. The minimum Gasteiger partial charge on any atom is -0.481 e. The zero-order valence-corrected chi connectivity index (χ0v) is 10.1. The topological polar surface area (TPSA) is 95.1 Å². The van der Waals surface area contributed by atoms with E-state index in [-0.39, 0.29) is 11.6 Å². The lowest BCUT2D eigenvalue weighted by Gasteiger charge is -2.23. The Bertz CT molecular complexity index is 472. The van der Waals surface area contributed by atoms with Crippen molar-refractivity contribution in [3.63, 3.8) is 0 Å². The highest BCUT2D eigenvalue weighted by atomic mass is 16.4. The maximum absolute atomic E-state index is 11.2. The molecule has 2 rings (SSSR count). The molecular weight excluding hydrogens is 234 g/mol. The molecule has 1 aliphatic rings. The van der Waals surface area contributed by atoms with Gasteiger partial charge in [-0.25, -0.2) is 4.98 Å². The van der Waals surface area contributed by atoms with Gasteiger partial charge in [-0.1, -0.05) is 19.3 Å². The molecule has 6 nitrogen and oxygen atoms in total. The Labute approximate surface area is 104 Å². The number of rotatable bonds is 3. The van der Waals surface area contributed by atoms with Crippen LogP contribution in [0.15, 0.2) is 17.2 Å². The summed E-state index contributed by atoms with van der Waals surface area (Å²) in [6.07, 6.45) is 5.80. The molecule has 0 aromatic carbocycles. The van der Waals surface area contributed by atoms with Crippen LogP contribution in [0.5, 0.6) is 0 Å². The molecule has 98 valence electrons. The van der Waals surface area contributed by atoms with Gasteiger partial charge in [0.2, 0.25) is 0 Å². The van der Waals surface area contributed by atoms with Crippen molar-refractivity contribution in [2.24, 2.45) is 5.92 Å². The van der Waals surface area contributed by atoms with E-state index in [9.17, 15) is 14.7 Å². The second-order valence-electron chi connectivity index (χ2n) is 4.63. The minimum absolute atomic E-state index is 0.153. The number of carboxylic acids is 1. The van der Waals surface area contributed by atoms with Crippen molar-refractivity contribution in [3.8, 4) is 0 Å². The summed E-state index contributed by atoms with van der Waals surface area (Å²) in [5, 5.41) is 12.3. The number of aliphatic carboxylic acids is 1. The van der Waals surface area contributed by atoms with E-state index in [1.54, 1.807) is 0 Å². The van der Waals surface area contributed by atoms with E-state index in [1.165, 1.54) is 12.4 Å². The monoisotopic (exact) mass is 251 g/mol. The van der Waals surface area contributed by atoms with Gasteiger partial charge in [0.25, 0.3) is 5.56 Å². The smallest absolute Gasteiger partial charge is 0.308 e. The molecule has 1 saturated carbocycles. The average Bonchev–Trinajstić information content (AvgIpc) is 2.54. The molecule has 2 atom stereocenters. The Morgan fingerprint density at radius 1 is 1.39 bits per heavy atom. The summed E-state index contributed by atoms with van der Waals surface area (Å²) in [6, 6.07) is 1.20. The number of hydrogen-bond acceptors (Lipinski definition) is 4. The van der Waals surface area contributed by atoms with Crippen LogP contribution in [0.3, 0.4) is 0 Å². The standard InChI is InChI=1S/C12H17N3O3/c16-11-6-10(13-7-14-11)15-9-5-3-1-2-4-8(9)12(17)18/h6-9H,1-5H2,(H,17,18)(H2,13,14,15,16). The van der Waals surface area contributed by atoms with Gasteiger partial charge in [0.15, 0.2) is 0 Å². The number of hydrogen-bond donors (Lipinski definition) is 3. The first kappa shape index (κ1) is 12.6. The first-order chi connectivity index (χ1) is 8.66. The Balaban J connectivity index is 2.13. The Morgan fingerprint density at radius 3 is 2.89 bits per heavy atom. The summed E-state index contributed by atoms with van der Waals surface area (Å²) in [6.45, 7) is 0. The highest BCUT2D eigenvalue weighted by Crippen LogP contribution is 2.25. The molecular formula is C12H17N3O3. The molecule has 0 spiro atoms. The molecule has 1 aromatic rings. The Hall–Kier alpha value is -1.85. The van der Waals surface area contributed by atoms with Crippen LogP contribution in [0, 0.1) is 5.92 Å². The number of aromatic nitrogens is 2. The molecule has 0 aliphatic heterocycles. The van der Waals surface area contributed by atoms with Crippen LogP contribution in [0.25, 0.3) is 0 Å². The van der Waals surface area contributed by atoms with Crippen LogP contribution >= 0.6 is 0 Å². The zero-order chi connectivity index (χ0) is 13.0. The van der Waals surface area contributed by atoms with Crippen molar-refractivity contribution >= 4 is 11.8 Å². The number of carboxylic acid groups (broad SMARTS) is 1. The molecule has 0 saturated heterocycles. The highest BCUT2D eigenvalue weighted by molar-refractivity contribution is 5.71. The van der Waals surface area contributed by atoms with Gasteiger partial charge in [-0.05, 0) is 12.8 Å². The van der Waals surface area contributed by atoms with Crippen LogP contribution in [0.1, 0.15) is 32.1 Å². The number of H-pyrrole nitrogens is 1. The molecule has 1 fully saturated rings. The van der Waals surface area contributed by atoms with Crippen molar-refractivity contribution in [1.29, 1.82) is 0 Å². The first-order valence-corrected chi connectivity index (χ1v) is 6.21. The van der Waals surface area contributed by atoms with Gasteiger partial charge < -0.3 is 15.4 Å². The number of anilines is 1. The van der Waals surface area contributed by atoms with Crippen LogP contribution in [-0.4, -0.2) is 27.1 Å². The number of nitrogens with one attached hydrogen (secondary N) is 2. The molecule has 1 aliphatic carbocycles. The zero-order valence-electron chi connectivity index (χ0n) is 10.1. The number of carbonyl (C=O) groups is 1. The predicted molar refractivity (Wildman–Crippen MR) is 66.5 cm³/mol. The second kappa shape index (κ2) is 5.66. The SMILES string of the molecule is O=C(O)C1CCCCCC1Nc1cc(=O)[nH]cn1. The molecule has 1 heterocycles. The van der Waals surface area contributed by atoms with Crippen molar-refractivity contribution in [3.05, 3.63) is 22.7 Å². The van der Waals surface area contributed by atoms with Crippen molar-refractivity contribution in [1.82, 2.24) is 9.97 Å². The maximum atomic E-state index is 11.2. The summed E-state index contributed by atoms with van der Waals surface area (Å²) < 4.78 is 0. The molecule has 0 radical (unpaired) electrons. The van der Waals surface area contributed by atoms with E-state index in [0.29, 0.717) is 12.2 Å². The third-order valence-corrected chi connectivity index (χ3v) is 3.34. The first-order valence-electron chi connectivity index (χ1n) is 6.21. The minimum atomic E-state index is -0.778. The van der Waals surface area contributed by atoms with Gasteiger partial charge in [-0.2, -0.15) is 0 Å². The Morgan fingerprint density at radius 2 is 2.17 bits per heavy atom. The van der Waals surface area contributed by atoms with Crippen LogP contribution < -0.4 is 10.9 Å². The maximum Gasteiger partial charge on any atom is 0.308 e. The van der Waals surface area contributed by atoms with E-state index in [0.717, 1.165) is 25.7 Å². The van der Waals surface area contributed by atoms with Gasteiger partial charge in [-0.15, -0.1) is 0 Å². The van der Waals surface area contributed by atoms with Gasteiger partial charge in [0.05, 0.1) is 12.2 Å². The fourth-order valence-electron chi connectivity index (χ4n) is 2.41. The third kappa shape index (κ3) is 3.09. The fraction of sp³-hybridized carbons (Fsp3) is 0.583. The molecule has 3 N–H and O–H groups in total. The van der Waals surface area contributed by atoms with Gasteiger partial charge >= 0.3 is 5.97 Å². The summed E-state index contributed by atoms with van der Waals surface area (Å²) in [5.41, 5.74) is -0.243. The molecule has 6 heteroatoms. The van der Waals surface area contributed by atoms with Gasteiger partial charge in [-0.3, -0.25) is 9.59 Å². The third-order valence-electron chi connectivity index (χ3n) is 3.34. The lowest BCUT2D eigenvalue weighted by molar-refractivity contribution is -0.142. The van der Waals surface area contributed by atoms with Gasteiger partial charge in [0, 0.05) is 12.1 Å². The highest BCUT2D eigenvalue weighted by Gasteiger charge is 2.29. The summed E-state index contributed by atoms with van der Waals surface area (Å²) >= 11 is 0. The fourth-order valence-corrected chi connectivity index (χ4v) is 2.41. The number of aromatic amines is 1. The van der Waals surface area contributed by atoms with E-state index in [2.05, 4.69) is 15.3 Å². The second-order valence-corrected chi connectivity index (χ2v) is 4.63. The van der Waals surface area contributed by atoms with E-state index < -0.39 is 11.9 Å². The van der Waals surface area contributed by atoms with Gasteiger partial charge in [0.1, 0.15) is 5.82 Å².